The summed E-state index contributed by atoms with van der Waals surface area (Å²) in [6, 6.07) is 0. The van der Waals surface area contributed by atoms with Crippen molar-refractivity contribution >= 4 is 16.6 Å². The van der Waals surface area contributed by atoms with Crippen LogP contribution in [0.15, 0.2) is 23.8 Å². The lowest BCUT2D eigenvalue weighted by Gasteiger charge is -2.63. The Kier molecular flexibility index (Phi) is 8.03. The molecule has 4 nitrogen and oxygen atoms in total. The second kappa shape index (κ2) is 9.94. The van der Waals surface area contributed by atoms with E-state index in [2.05, 4.69) is 92.9 Å². The van der Waals surface area contributed by atoms with Gasteiger partial charge in [0.15, 0.2) is 16.6 Å². The molecule has 6 heteroatoms. The molecule has 1 saturated carbocycles. The van der Waals surface area contributed by atoms with Gasteiger partial charge < -0.3 is 18.7 Å². The lowest BCUT2D eigenvalue weighted by atomic mass is 9.40. The fourth-order valence-electron chi connectivity index (χ4n) is 7.60. The summed E-state index contributed by atoms with van der Waals surface area (Å²) in [4.78, 5) is 0. The maximum atomic E-state index is 11.2. The molecular formula is C32H58O4Si2. The molecule has 2 bridgehead atoms. The Bertz CT molecular complexity index is 942. The fourth-order valence-corrected chi connectivity index (χ4v) is 9.64. The predicted octanol–water partition coefficient (Wildman–Crippen LogP) is 8.25. The van der Waals surface area contributed by atoms with Crippen LogP contribution in [0.25, 0.3) is 0 Å². The highest BCUT2D eigenvalue weighted by atomic mass is 28.4. The molecule has 2 fully saturated rings. The second-order valence-electron chi connectivity index (χ2n) is 16.0. The molecule has 0 amide bonds. The summed E-state index contributed by atoms with van der Waals surface area (Å²) in [5.41, 5.74) is 0.575. The van der Waals surface area contributed by atoms with Crippen molar-refractivity contribution in [3.63, 3.8) is 0 Å². The third-order valence-electron chi connectivity index (χ3n) is 12.1. The molecule has 0 radical (unpaired) electrons. The zero-order valence-corrected chi connectivity index (χ0v) is 28.5. The summed E-state index contributed by atoms with van der Waals surface area (Å²) >= 11 is 0. The van der Waals surface area contributed by atoms with E-state index in [0.29, 0.717) is 19.1 Å². The van der Waals surface area contributed by atoms with Crippen LogP contribution >= 0.6 is 0 Å². The highest BCUT2D eigenvalue weighted by Gasteiger charge is 2.79. The van der Waals surface area contributed by atoms with Gasteiger partial charge in [-0.2, -0.15) is 0 Å². The van der Waals surface area contributed by atoms with Crippen molar-refractivity contribution in [1.29, 1.82) is 0 Å². The number of hydrogen-bond donors (Lipinski definition) is 1. The Balaban J connectivity index is 1.90. The van der Waals surface area contributed by atoms with Crippen molar-refractivity contribution < 1.29 is 18.7 Å². The normalized spacial score (nSPS) is 36.9. The first kappa shape index (κ1) is 30.7. The minimum absolute atomic E-state index is 0.0432. The lowest BCUT2D eigenvalue weighted by molar-refractivity contribution is -0.115. The van der Waals surface area contributed by atoms with Crippen molar-refractivity contribution in [3.05, 3.63) is 23.8 Å². The van der Waals surface area contributed by atoms with Crippen molar-refractivity contribution in [1.82, 2.24) is 0 Å². The summed E-state index contributed by atoms with van der Waals surface area (Å²) < 4.78 is 21.6. The number of hydrogen-bond acceptors (Lipinski definition) is 4. The Hall–Kier alpha value is -0.246. The van der Waals surface area contributed by atoms with Gasteiger partial charge >= 0.3 is 0 Å². The molecule has 0 unspecified atom stereocenters. The number of unbranched alkanes of at least 4 members (excludes halogenated alkanes) is 1. The van der Waals surface area contributed by atoms with Crippen LogP contribution in [-0.2, 0) is 13.6 Å². The number of aliphatic hydroxyl groups excluding tert-OH is 1. The number of ether oxygens (including phenoxy) is 1. The molecule has 0 aromatic heterocycles. The van der Waals surface area contributed by atoms with E-state index in [1.807, 2.05) is 0 Å². The van der Waals surface area contributed by atoms with Crippen LogP contribution < -0.4 is 0 Å². The van der Waals surface area contributed by atoms with Crippen LogP contribution in [0.4, 0.5) is 0 Å². The van der Waals surface area contributed by atoms with Crippen molar-refractivity contribution in [2.75, 3.05) is 19.8 Å². The Morgan fingerprint density at radius 3 is 2.16 bits per heavy atom. The number of fused-ring (bicyclic) bond motifs is 2. The Labute approximate surface area is 236 Å². The van der Waals surface area contributed by atoms with Gasteiger partial charge in [-0.25, -0.2) is 0 Å². The first-order chi connectivity index (χ1) is 17.4. The SMILES string of the molecule is CCCC[C@@H]1C=C2CCC[C@]34C=C[C@H](O3)[C@](CO[Si](C)(C)C(C)(C)C)([C@@H]1CO)[C@]24CO[Si](C)(C)C(C)(C)C. The Morgan fingerprint density at radius 1 is 1.00 bits per heavy atom. The number of aliphatic hydroxyl groups is 1. The van der Waals surface area contributed by atoms with E-state index in [9.17, 15) is 5.11 Å². The molecule has 2 aliphatic heterocycles. The minimum atomic E-state index is -2.05. The molecule has 0 aromatic rings. The number of allylic oxidation sites excluding steroid dienone is 1. The van der Waals surface area contributed by atoms with Gasteiger partial charge in [-0.3, -0.25) is 0 Å². The molecule has 1 saturated heterocycles. The second-order valence-corrected chi connectivity index (χ2v) is 25.6. The maximum absolute atomic E-state index is 11.2. The summed E-state index contributed by atoms with van der Waals surface area (Å²) in [6.45, 7) is 27.2. The average Bonchev–Trinajstić information content (AvgIpc) is 3.33. The van der Waals surface area contributed by atoms with Crippen molar-refractivity contribution in [3.8, 4) is 0 Å². The molecule has 38 heavy (non-hydrogen) atoms. The van der Waals surface area contributed by atoms with Gasteiger partial charge in [-0.05, 0) is 73.8 Å². The van der Waals surface area contributed by atoms with Crippen LogP contribution in [0, 0.1) is 22.7 Å². The van der Waals surface area contributed by atoms with Crippen molar-refractivity contribution in [2.45, 2.75) is 135 Å². The van der Waals surface area contributed by atoms with Crippen LogP contribution in [0.1, 0.15) is 87.0 Å². The monoisotopic (exact) mass is 562 g/mol. The van der Waals surface area contributed by atoms with E-state index >= 15 is 0 Å². The lowest BCUT2D eigenvalue weighted by Crippen LogP contribution is -2.68. The van der Waals surface area contributed by atoms with Gasteiger partial charge in [0.05, 0.1) is 17.1 Å². The van der Waals surface area contributed by atoms with Crippen LogP contribution in [0.5, 0.6) is 0 Å². The smallest absolute Gasteiger partial charge is 0.192 e. The molecule has 2 aliphatic carbocycles. The highest BCUT2D eigenvalue weighted by Crippen LogP contribution is 2.75. The minimum Gasteiger partial charge on any atom is -0.416 e. The first-order valence-corrected chi connectivity index (χ1v) is 21.2. The molecule has 2 heterocycles. The van der Waals surface area contributed by atoms with E-state index < -0.39 is 16.6 Å². The van der Waals surface area contributed by atoms with E-state index in [1.165, 1.54) is 12.8 Å². The molecular weight excluding hydrogens is 505 g/mol. The van der Waals surface area contributed by atoms with Gasteiger partial charge in [0.2, 0.25) is 0 Å². The predicted molar refractivity (Wildman–Crippen MR) is 163 cm³/mol. The number of rotatable bonds is 10. The Morgan fingerprint density at radius 2 is 1.61 bits per heavy atom. The van der Waals surface area contributed by atoms with Gasteiger partial charge in [-0.1, -0.05) is 85.1 Å². The van der Waals surface area contributed by atoms with E-state index in [0.717, 1.165) is 25.7 Å². The summed E-state index contributed by atoms with van der Waals surface area (Å²) in [7, 11) is -4.07. The van der Waals surface area contributed by atoms with Crippen molar-refractivity contribution in [2.24, 2.45) is 22.7 Å². The van der Waals surface area contributed by atoms with E-state index in [-0.39, 0.29) is 45.1 Å². The summed E-state index contributed by atoms with van der Waals surface area (Å²) in [6.07, 6.45) is 14.0. The topological polar surface area (TPSA) is 47.9 Å². The molecule has 6 atom stereocenters. The quantitative estimate of drug-likeness (QED) is 0.215. The summed E-state index contributed by atoms with van der Waals surface area (Å²) in [5.74, 6) is 0.450. The first-order valence-electron chi connectivity index (χ1n) is 15.4. The highest BCUT2D eigenvalue weighted by molar-refractivity contribution is 6.74. The molecule has 0 aromatic carbocycles. The third kappa shape index (κ3) is 4.34. The molecule has 4 aliphatic rings. The van der Waals surface area contributed by atoms with Crippen LogP contribution in [0.3, 0.4) is 0 Å². The zero-order chi connectivity index (χ0) is 28.4. The van der Waals surface area contributed by atoms with Crippen LogP contribution in [-0.4, -0.2) is 53.3 Å². The fraction of sp³-hybridized carbons (Fsp3) is 0.875. The average molecular weight is 563 g/mol. The van der Waals surface area contributed by atoms with Crippen LogP contribution in [0.2, 0.25) is 36.3 Å². The van der Waals surface area contributed by atoms with Gasteiger partial charge in [0, 0.05) is 25.2 Å². The van der Waals surface area contributed by atoms with Gasteiger partial charge in [0.25, 0.3) is 0 Å². The summed E-state index contributed by atoms with van der Waals surface area (Å²) in [5, 5.41) is 11.5. The zero-order valence-electron chi connectivity index (χ0n) is 26.5. The largest absolute Gasteiger partial charge is 0.416 e. The molecule has 1 N–H and O–H groups in total. The third-order valence-corrected chi connectivity index (χ3v) is 21.0. The molecule has 1 spiro atoms. The van der Waals surface area contributed by atoms with E-state index in [1.54, 1.807) is 5.57 Å². The standard InChI is InChI=1S/C32H58O4Si2/c1-12-13-15-24-20-25-16-14-18-30-19-17-27(36-30)31(26(24)21-33,22-34-37(8,9)28(2,3)4)32(25,30)23-35-38(10,11)29(5,6)7/h17,19-20,24,26-27,33H,12-16,18,21-23H2,1-11H3/t24-,26-,27+,30-,31+,32-/m1/s1. The van der Waals surface area contributed by atoms with Gasteiger partial charge in [0.1, 0.15) is 0 Å². The van der Waals surface area contributed by atoms with E-state index in [4.69, 9.17) is 13.6 Å². The van der Waals surface area contributed by atoms with Gasteiger partial charge in [-0.15, -0.1) is 0 Å². The maximum Gasteiger partial charge on any atom is 0.192 e. The molecule has 218 valence electrons. The molecule has 4 rings (SSSR count).